The van der Waals surface area contributed by atoms with Crippen molar-refractivity contribution in [1.29, 1.82) is 0 Å². The van der Waals surface area contributed by atoms with Crippen LogP contribution in [-0.2, 0) is 11.2 Å². The van der Waals surface area contributed by atoms with Gasteiger partial charge in [-0.25, -0.2) is 9.59 Å². The van der Waals surface area contributed by atoms with Crippen LogP contribution in [0.25, 0.3) is 0 Å². The Balaban J connectivity index is 1.90. The molecule has 0 aliphatic heterocycles. The number of urea groups is 1. The second-order valence-corrected chi connectivity index (χ2v) is 5.01. The fraction of sp³-hybridized carbons (Fsp3) is 0.429. The van der Waals surface area contributed by atoms with Crippen LogP contribution in [0.3, 0.4) is 0 Å². The van der Waals surface area contributed by atoms with E-state index in [0.29, 0.717) is 0 Å². The van der Waals surface area contributed by atoms with Crippen LogP contribution in [0.4, 0.5) is 4.79 Å². The number of nitrogens with one attached hydrogen (secondary N) is 2. The van der Waals surface area contributed by atoms with E-state index >= 15 is 0 Å². The van der Waals surface area contributed by atoms with Crippen molar-refractivity contribution in [3.05, 3.63) is 29.8 Å². The zero-order valence-electron chi connectivity index (χ0n) is 11.0. The van der Waals surface area contributed by atoms with Crippen LogP contribution in [0.15, 0.2) is 24.3 Å². The van der Waals surface area contributed by atoms with Gasteiger partial charge in [0.25, 0.3) is 0 Å². The molecule has 1 atom stereocenters. The highest BCUT2D eigenvalue weighted by molar-refractivity contribution is 5.82. The van der Waals surface area contributed by atoms with Gasteiger partial charge in [-0.2, -0.15) is 0 Å². The van der Waals surface area contributed by atoms with Gasteiger partial charge in [0.05, 0.1) is 0 Å². The van der Waals surface area contributed by atoms with E-state index in [2.05, 4.69) is 10.6 Å². The normalized spacial score (nSPS) is 16.0. The first-order chi connectivity index (χ1) is 9.54. The quantitative estimate of drug-likeness (QED) is 0.651. The maximum absolute atomic E-state index is 11.7. The third-order valence-corrected chi connectivity index (χ3v) is 3.42. The number of carboxylic acid groups (broad SMARTS) is 1. The second kappa shape index (κ2) is 6.27. The van der Waals surface area contributed by atoms with Gasteiger partial charge in [-0.05, 0) is 37.0 Å². The molecule has 0 saturated heterocycles. The summed E-state index contributed by atoms with van der Waals surface area (Å²) in [6, 6.07) is 4.98. The summed E-state index contributed by atoms with van der Waals surface area (Å²) in [5, 5.41) is 23.5. The number of aliphatic carboxylic acids is 1. The molecule has 1 aliphatic rings. The Labute approximate surface area is 116 Å². The average molecular weight is 278 g/mol. The number of benzene rings is 1. The molecule has 2 rings (SSSR count). The summed E-state index contributed by atoms with van der Waals surface area (Å²) in [6.45, 7) is 0. The van der Waals surface area contributed by atoms with Crippen molar-refractivity contribution in [3.8, 4) is 5.75 Å². The van der Waals surface area contributed by atoms with Crippen molar-refractivity contribution in [2.24, 2.45) is 0 Å². The van der Waals surface area contributed by atoms with E-state index in [4.69, 9.17) is 5.11 Å². The van der Waals surface area contributed by atoms with E-state index in [1.54, 1.807) is 12.1 Å². The first-order valence-corrected chi connectivity index (χ1v) is 6.62. The maximum Gasteiger partial charge on any atom is 0.326 e. The number of carbonyl (C=O) groups excluding carboxylic acids is 1. The van der Waals surface area contributed by atoms with Crippen molar-refractivity contribution in [2.45, 2.75) is 37.8 Å². The Morgan fingerprint density at radius 2 is 1.90 bits per heavy atom. The van der Waals surface area contributed by atoms with Crippen LogP contribution in [0.2, 0.25) is 0 Å². The smallest absolute Gasteiger partial charge is 0.326 e. The molecule has 1 aliphatic carbocycles. The summed E-state index contributed by atoms with van der Waals surface area (Å²) in [7, 11) is 0. The average Bonchev–Trinajstić information content (AvgIpc) is 2.35. The molecule has 1 aromatic carbocycles. The van der Waals surface area contributed by atoms with Crippen molar-refractivity contribution in [3.63, 3.8) is 0 Å². The van der Waals surface area contributed by atoms with E-state index in [1.807, 2.05) is 0 Å². The number of phenols is 1. The SMILES string of the molecule is O=C(NC1CCC1)N[C@@H](Cc1ccc(O)cc1)C(=O)O. The van der Waals surface area contributed by atoms with Gasteiger partial charge in [0.1, 0.15) is 11.8 Å². The molecule has 2 amide bonds. The van der Waals surface area contributed by atoms with Gasteiger partial charge >= 0.3 is 12.0 Å². The minimum absolute atomic E-state index is 0.122. The Morgan fingerprint density at radius 1 is 1.25 bits per heavy atom. The van der Waals surface area contributed by atoms with Crippen molar-refractivity contribution >= 4 is 12.0 Å². The van der Waals surface area contributed by atoms with Gasteiger partial charge in [-0.15, -0.1) is 0 Å². The minimum atomic E-state index is -1.08. The van der Waals surface area contributed by atoms with Gasteiger partial charge < -0.3 is 20.8 Å². The Hall–Kier alpha value is -2.24. The molecule has 0 aromatic heterocycles. The monoisotopic (exact) mass is 278 g/mol. The number of aromatic hydroxyl groups is 1. The number of phenolic OH excluding ortho intramolecular Hbond substituents is 1. The largest absolute Gasteiger partial charge is 0.508 e. The highest BCUT2D eigenvalue weighted by Crippen LogP contribution is 2.17. The van der Waals surface area contributed by atoms with Crippen LogP contribution < -0.4 is 10.6 Å². The van der Waals surface area contributed by atoms with Crippen LogP contribution >= 0.6 is 0 Å². The molecule has 6 nitrogen and oxygen atoms in total. The summed E-state index contributed by atoms with van der Waals surface area (Å²) in [5.41, 5.74) is 0.735. The molecule has 1 aromatic rings. The van der Waals surface area contributed by atoms with Gasteiger partial charge in [-0.3, -0.25) is 0 Å². The number of amides is 2. The van der Waals surface area contributed by atoms with Crippen LogP contribution in [0, 0.1) is 0 Å². The summed E-state index contributed by atoms with van der Waals surface area (Å²) in [4.78, 5) is 22.9. The van der Waals surface area contributed by atoms with Gasteiger partial charge in [0.15, 0.2) is 0 Å². The number of hydrogen-bond acceptors (Lipinski definition) is 3. The van der Waals surface area contributed by atoms with Crippen molar-refractivity contribution in [1.82, 2.24) is 10.6 Å². The Bertz CT molecular complexity index is 482. The lowest BCUT2D eigenvalue weighted by Gasteiger charge is -2.27. The molecule has 108 valence electrons. The van der Waals surface area contributed by atoms with Crippen molar-refractivity contribution in [2.75, 3.05) is 0 Å². The molecule has 6 heteroatoms. The second-order valence-electron chi connectivity index (χ2n) is 5.01. The molecular weight excluding hydrogens is 260 g/mol. The van der Waals surface area contributed by atoms with Gasteiger partial charge in [0, 0.05) is 12.5 Å². The van der Waals surface area contributed by atoms with E-state index in [0.717, 1.165) is 24.8 Å². The first kappa shape index (κ1) is 14.2. The minimum Gasteiger partial charge on any atom is -0.508 e. The topological polar surface area (TPSA) is 98.7 Å². The summed E-state index contributed by atoms with van der Waals surface area (Å²) in [5.74, 6) is -0.960. The summed E-state index contributed by atoms with van der Waals surface area (Å²) >= 11 is 0. The lowest BCUT2D eigenvalue weighted by molar-refractivity contribution is -0.139. The molecule has 1 saturated carbocycles. The number of carboxylic acids is 1. The lowest BCUT2D eigenvalue weighted by atomic mass is 9.93. The predicted octanol–water partition coefficient (Wildman–Crippen LogP) is 1.24. The third-order valence-electron chi connectivity index (χ3n) is 3.42. The summed E-state index contributed by atoms with van der Waals surface area (Å²) in [6.07, 6.45) is 3.17. The van der Waals surface area contributed by atoms with Crippen LogP contribution in [-0.4, -0.2) is 34.3 Å². The summed E-state index contributed by atoms with van der Waals surface area (Å²) < 4.78 is 0. The molecule has 0 bridgehead atoms. The van der Waals surface area contributed by atoms with E-state index in [1.165, 1.54) is 12.1 Å². The van der Waals surface area contributed by atoms with Crippen LogP contribution in [0.5, 0.6) is 5.75 Å². The molecule has 4 N–H and O–H groups in total. The molecule has 0 unspecified atom stereocenters. The van der Waals surface area contributed by atoms with E-state index in [9.17, 15) is 14.7 Å². The standard InChI is InChI=1S/C14H18N2O4/c17-11-6-4-9(5-7-11)8-12(13(18)19)16-14(20)15-10-2-1-3-10/h4-7,10,12,17H,1-3,8H2,(H,18,19)(H2,15,16,20)/t12-/m0/s1. The Morgan fingerprint density at radius 3 is 2.40 bits per heavy atom. The highest BCUT2D eigenvalue weighted by atomic mass is 16.4. The highest BCUT2D eigenvalue weighted by Gasteiger charge is 2.24. The van der Waals surface area contributed by atoms with Crippen molar-refractivity contribution < 1.29 is 19.8 Å². The molecule has 20 heavy (non-hydrogen) atoms. The first-order valence-electron chi connectivity index (χ1n) is 6.62. The fourth-order valence-corrected chi connectivity index (χ4v) is 2.01. The molecule has 0 radical (unpaired) electrons. The molecule has 0 heterocycles. The number of rotatable bonds is 5. The zero-order valence-corrected chi connectivity index (χ0v) is 11.0. The van der Waals surface area contributed by atoms with E-state index in [-0.39, 0.29) is 18.2 Å². The predicted molar refractivity (Wildman–Crippen MR) is 72.5 cm³/mol. The van der Waals surface area contributed by atoms with Gasteiger partial charge in [0.2, 0.25) is 0 Å². The molecular formula is C14H18N2O4. The molecule has 1 fully saturated rings. The van der Waals surface area contributed by atoms with Gasteiger partial charge in [-0.1, -0.05) is 12.1 Å². The zero-order chi connectivity index (χ0) is 14.5. The van der Waals surface area contributed by atoms with E-state index < -0.39 is 18.0 Å². The van der Waals surface area contributed by atoms with Crippen LogP contribution in [0.1, 0.15) is 24.8 Å². The Kier molecular flexibility index (Phi) is 4.45. The fourth-order valence-electron chi connectivity index (χ4n) is 2.01. The third kappa shape index (κ3) is 3.88. The number of hydrogen-bond donors (Lipinski definition) is 4. The molecule has 0 spiro atoms. The maximum atomic E-state index is 11.7. The number of carbonyl (C=O) groups is 2. The lowest BCUT2D eigenvalue weighted by Crippen LogP contribution is -2.51.